The number of amides is 1. The quantitative estimate of drug-likeness (QED) is 0.869. The minimum Gasteiger partial charge on any atom is -0.367 e. The predicted octanol–water partition coefficient (Wildman–Crippen LogP) is 1.90. The van der Waals surface area contributed by atoms with Crippen molar-refractivity contribution in [2.24, 2.45) is 0 Å². The van der Waals surface area contributed by atoms with Gasteiger partial charge in [0.25, 0.3) is 0 Å². The van der Waals surface area contributed by atoms with Gasteiger partial charge in [-0.1, -0.05) is 12.1 Å². The molecule has 1 aliphatic heterocycles. The second kappa shape index (κ2) is 8.02. The number of aryl methyl sites for hydroxylation is 1. The van der Waals surface area contributed by atoms with Crippen LogP contribution in [0, 0.1) is 5.82 Å². The zero-order chi connectivity index (χ0) is 19.5. The number of para-hydroxylation sites is 1. The number of piperazine rings is 1. The van der Waals surface area contributed by atoms with Gasteiger partial charge in [0.15, 0.2) is 5.78 Å². The van der Waals surface area contributed by atoms with Crippen LogP contribution < -0.4 is 10.2 Å². The lowest BCUT2D eigenvalue weighted by Crippen LogP contribution is -2.49. The lowest BCUT2D eigenvalue weighted by molar-refractivity contribution is -0.117. The van der Waals surface area contributed by atoms with Crippen LogP contribution in [0.4, 0.5) is 16.0 Å². The molecule has 28 heavy (non-hydrogen) atoms. The second-order valence-corrected chi connectivity index (χ2v) is 7.09. The van der Waals surface area contributed by atoms with Crippen molar-refractivity contribution < 1.29 is 14.0 Å². The molecule has 0 spiro atoms. The third-order valence-corrected chi connectivity index (χ3v) is 5.17. The highest BCUT2D eigenvalue weighted by Gasteiger charge is 2.22. The number of rotatable bonds is 4. The molecule has 1 aromatic carbocycles. The van der Waals surface area contributed by atoms with Gasteiger partial charge in [0.05, 0.1) is 23.5 Å². The summed E-state index contributed by atoms with van der Waals surface area (Å²) < 4.78 is 13.9. The molecule has 2 aromatic rings. The fraction of sp³-hybridized carbons (Fsp3) is 0.400. The molecule has 1 amide bonds. The molecular formula is C20H22FN5O2. The first kappa shape index (κ1) is 18.5. The highest BCUT2D eigenvalue weighted by molar-refractivity contribution is 5.98. The average molecular weight is 383 g/mol. The number of fused-ring (bicyclic) bond motifs is 1. The Bertz CT molecular complexity index is 896. The standard InChI is InChI=1S/C20H22FN5O2/c21-15-4-1-2-6-17(15)26-10-8-25(9-11-26)13-19(28)24-20-22-12-14-16(23-20)5-3-7-18(14)27/h1-2,4,6,12H,3,5,7-11,13H2,(H,22,23,24,28). The minimum absolute atomic E-state index is 0.0619. The van der Waals surface area contributed by atoms with Gasteiger partial charge in [-0.05, 0) is 25.0 Å². The summed E-state index contributed by atoms with van der Waals surface area (Å²) >= 11 is 0. The van der Waals surface area contributed by atoms with Crippen LogP contribution in [0.3, 0.4) is 0 Å². The average Bonchev–Trinajstić information content (AvgIpc) is 2.69. The molecule has 1 aromatic heterocycles. The van der Waals surface area contributed by atoms with Crippen LogP contribution in [-0.4, -0.2) is 59.3 Å². The van der Waals surface area contributed by atoms with E-state index in [1.165, 1.54) is 12.3 Å². The zero-order valence-electron chi connectivity index (χ0n) is 15.5. The maximum Gasteiger partial charge on any atom is 0.240 e. The van der Waals surface area contributed by atoms with E-state index in [1.807, 2.05) is 15.9 Å². The predicted molar refractivity (Wildman–Crippen MR) is 103 cm³/mol. The maximum atomic E-state index is 13.9. The van der Waals surface area contributed by atoms with Crippen molar-refractivity contribution in [1.82, 2.24) is 14.9 Å². The molecule has 2 heterocycles. The number of halogens is 1. The number of hydrogen-bond acceptors (Lipinski definition) is 6. The number of ketones is 1. The van der Waals surface area contributed by atoms with E-state index in [0.717, 1.165) is 12.8 Å². The fourth-order valence-electron chi connectivity index (χ4n) is 3.67. The lowest BCUT2D eigenvalue weighted by atomic mass is 9.96. The van der Waals surface area contributed by atoms with Gasteiger partial charge in [-0.3, -0.25) is 19.8 Å². The highest BCUT2D eigenvalue weighted by atomic mass is 19.1. The van der Waals surface area contributed by atoms with Crippen molar-refractivity contribution in [2.45, 2.75) is 19.3 Å². The van der Waals surface area contributed by atoms with Gasteiger partial charge in [-0.2, -0.15) is 0 Å². The Hall–Kier alpha value is -2.87. The Balaban J connectivity index is 1.30. The molecule has 146 valence electrons. The molecule has 1 N–H and O–H groups in total. The molecule has 1 saturated heterocycles. The second-order valence-electron chi connectivity index (χ2n) is 7.09. The summed E-state index contributed by atoms with van der Waals surface area (Å²) in [5, 5.41) is 2.72. The Morgan fingerprint density at radius 2 is 1.93 bits per heavy atom. The number of nitrogens with one attached hydrogen (secondary N) is 1. The van der Waals surface area contributed by atoms with Crippen LogP contribution in [0.5, 0.6) is 0 Å². The molecule has 1 fully saturated rings. The van der Waals surface area contributed by atoms with Crippen molar-refractivity contribution in [3.05, 3.63) is 47.5 Å². The molecule has 1 aliphatic carbocycles. The molecule has 0 unspecified atom stereocenters. The SMILES string of the molecule is O=C(CN1CCN(c2ccccc2F)CC1)Nc1ncc2c(n1)CCCC2=O. The third kappa shape index (κ3) is 4.01. The molecule has 0 saturated carbocycles. The third-order valence-electron chi connectivity index (χ3n) is 5.17. The molecule has 8 heteroatoms. The number of nitrogens with zero attached hydrogens (tertiary/aromatic N) is 4. The molecule has 0 bridgehead atoms. The minimum atomic E-state index is -0.225. The summed E-state index contributed by atoms with van der Waals surface area (Å²) in [7, 11) is 0. The normalized spacial score (nSPS) is 17.3. The number of hydrogen-bond donors (Lipinski definition) is 1. The van der Waals surface area contributed by atoms with Gasteiger partial charge in [-0.15, -0.1) is 0 Å². The first-order chi connectivity index (χ1) is 13.6. The van der Waals surface area contributed by atoms with Crippen molar-refractivity contribution in [3.63, 3.8) is 0 Å². The largest absolute Gasteiger partial charge is 0.367 e. The van der Waals surface area contributed by atoms with E-state index in [1.54, 1.807) is 12.1 Å². The molecule has 2 aliphatic rings. The van der Waals surface area contributed by atoms with E-state index in [-0.39, 0.29) is 30.0 Å². The first-order valence-electron chi connectivity index (χ1n) is 9.51. The van der Waals surface area contributed by atoms with Crippen LogP contribution >= 0.6 is 0 Å². The van der Waals surface area contributed by atoms with Crippen LogP contribution in [0.25, 0.3) is 0 Å². The number of benzene rings is 1. The summed E-state index contributed by atoms with van der Waals surface area (Å²) in [6.45, 7) is 2.88. The van der Waals surface area contributed by atoms with Crippen molar-refractivity contribution in [3.8, 4) is 0 Å². The maximum absolute atomic E-state index is 13.9. The topological polar surface area (TPSA) is 78.4 Å². The van der Waals surface area contributed by atoms with Crippen LogP contribution in [-0.2, 0) is 11.2 Å². The van der Waals surface area contributed by atoms with E-state index in [2.05, 4.69) is 15.3 Å². The van der Waals surface area contributed by atoms with E-state index >= 15 is 0 Å². The van der Waals surface area contributed by atoms with Crippen LogP contribution in [0.15, 0.2) is 30.5 Å². The molecule has 0 atom stereocenters. The number of Topliss-reactive ketones (excluding diaryl/α,β-unsaturated/α-hetero) is 1. The van der Waals surface area contributed by atoms with E-state index < -0.39 is 0 Å². The van der Waals surface area contributed by atoms with Gasteiger partial charge in [0.1, 0.15) is 5.82 Å². The number of carbonyl (C=O) groups excluding carboxylic acids is 2. The monoisotopic (exact) mass is 383 g/mol. The fourth-order valence-corrected chi connectivity index (χ4v) is 3.67. The van der Waals surface area contributed by atoms with Gasteiger partial charge in [0.2, 0.25) is 11.9 Å². The van der Waals surface area contributed by atoms with Crippen molar-refractivity contribution in [1.29, 1.82) is 0 Å². The lowest BCUT2D eigenvalue weighted by Gasteiger charge is -2.35. The molecular weight excluding hydrogens is 361 g/mol. The van der Waals surface area contributed by atoms with Crippen molar-refractivity contribution >= 4 is 23.3 Å². The van der Waals surface area contributed by atoms with E-state index in [9.17, 15) is 14.0 Å². The number of anilines is 2. The summed E-state index contributed by atoms with van der Waals surface area (Å²) in [6.07, 6.45) is 3.54. The van der Waals surface area contributed by atoms with E-state index in [0.29, 0.717) is 49.5 Å². The molecule has 7 nitrogen and oxygen atoms in total. The Morgan fingerprint density at radius 1 is 1.14 bits per heavy atom. The van der Waals surface area contributed by atoms with Gasteiger partial charge in [0, 0.05) is 38.8 Å². The summed E-state index contributed by atoms with van der Waals surface area (Å²) in [4.78, 5) is 36.6. The summed E-state index contributed by atoms with van der Waals surface area (Å²) in [5.41, 5.74) is 1.87. The Kier molecular flexibility index (Phi) is 5.29. The van der Waals surface area contributed by atoms with Gasteiger partial charge < -0.3 is 4.90 Å². The van der Waals surface area contributed by atoms with Gasteiger partial charge in [-0.25, -0.2) is 14.4 Å². The van der Waals surface area contributed by atoms with Crippen LogP contribution in [0.2, 0.25) is 0 Å². The van der Waals surface area contributed by atoms with Crippen LogP contribution in [0.1, 0.15) is 28.9 Å². The zero-order valence-corrected chi connectivity index (χ0v) is 15.5. The molecule has 4 rings (SSSR count). The highest BCUT2D eigenvalue weighted by Crippen LogP contribution is 2.21. The first-order valence-corrected chi connectivity index (χ1v) is 9.51. The smallest absolute Gasteiger partial charge is 0.240 e. The Labute approximate surface area is 162 Å². The summed E-state index contributed by atoms with van der Waals surface area (Å²) in [6, 6.07) is 6.74. The van der Waals surface area contributed by atoms with Crippen molar-refractivity contribution in [2.75, 3.05) is 42.9 Å². The number of carbonyl (C=O) groups is 2. The summed E-state index contributed by atoms with van der Waals surface area (Å²) in [5.74, 6) is -0.117. The number of aromatic nitrogens is 2. The van der Waals surface area contributed by atoms with E-state index in [4.69, 9.17) is 0 Å². The van der Waals surface area contributed by atoms with Gasteiger partial charge >= 0.3 is 0 Å². The Morgan fingerprint density at radius 3 is 2.71 bits per heavy atom. The molecule has 0 radical (unpaired) electrons.